The molecule has 0 aliphatic rings. The van der Waals surface area contributed by atoms with Crippen LogP contribution in [0.4, 0.5) is 10.5 Å². The maximum Gasteiger partial charge on any atom is 0.339 e. The summed E-state index contributed by atoms with van der Waals surface area (Å²) in [6.45, 7) is 0. The van der Waals surface area contributed by atoms with Gasteiger partial charge in [-0.15, -0.1) is 0 Å². The number of phenolic OH excluding ortho intramolecular Hbond substituents is 1. The zero-order valence-corrected chi connectivity index (χ0v) is 11.1. The number of hydrogen-bond donors (Lipinski definition) is 3. The molecule has 2 amide bonds. The summed E-state index contributed by atoms with van der Waals surface area (Å²) in [5.74, 6) is 0.138. The van der Waals surface area contributed by atoms with E-state index in [0.717, 1.165) is 0 Å². The van der Waals surface area contributed by atoms with E-state index in [-0.39, 0.29) is 5.75 Å². The van der Waals surface area contributed by atoms with Gasteiger partial charge in [-0.2, -0.15) is 5.10 Å². The zero-order chi connectivity index (χ0) is 14.4. The average Bonchev–Trinajstić information content (AvgIpc) is 2.41. The minimum absolute atomic E-state index is 0.138. The predicted molar refractivity (Wildman–Crippen MR) is 79.3 cm³/mol. The first-order chi connectivity index (χ1) is 9.63. The van der Waals surface area contributed by atoms with Crippen LogP contribution in [-0.2, 0) is 0 Å². The molecule has 2 aromatic carbocycles. The van der Waals surface area contributed by atoms with Crippen molar-refractivity contribution in [2.24, 2.45) is 5.10 Å². The van der Waals surface area contributed by atoms with Gasteiger partial charge in [0.05, 0.1) is 6.21 Å². The lowest BCUT2D eigenvalue weighted by Gasteiger charge is -2.03. The summed E-state index contributed by atoms with van der Waals surface area (Å²) in [6.07, 6.45) is 1.43. The van der Waals surface area contributed by atoms with Crippen LogP contribution in [0.15, 0.2) is 53.6 Å². The molecule has 0 fully saturated rings. The monoisotopic (exact) mass is 289 g/mol. The third-order valence-corrected chi connectivity index (χ3v) is 2.60. The summed E-state index contributed by atoms with van der Waals surface area (Å²) < 4.78 is 0. The quantitative estimate of drug-likeness (QED) is 0.599. The highest BCUT2D eigenvalue weighted by molar-refractivity contribution is 6.30. The number of phenols is 1. The Morgan fingerprint density at radius 1 is 1.20 bits per heavy atom. The number of halogens is 1. The lowest BCUT2D eigenvalue weighted by molar-refractivity contribution is 0.252. The van der Waals surface area contributed by atoms with Crippen molar-refractivity contribution < 1.29 is 9.90 Å². The van der Waals surface area contributed by atoms with Gasteiger partial charge in [-0.3, -0.25) is 0 Å². The van der Waals surface area contributed by atoms with Gasteiger partial charge < -0.3 is 10.4 Å². The summed E-state index contributed by atoms with van der Waals surface area (Å²) in [4.78, 5) is 11.5. The summed E-state index contributed by atoms with van der Waals surface area (Å²) in [5.41, 5.74) is 3.61. The fourth-order valence-electron chi connectivity index (χ4n) is 1.46. The Morgan fingerprint density at radius 2 is 1.95 bits per heavy atom. The second-order valence-electron chi connectivity index (χ2n) is 3.93. The fraction of sp³-hybridized carbons (Fsp3) is 0. The Morgan fingerprint density at radius 3 is 2.65 bits per heavy atom. The summed E-state index contributed by atoms with van der Waals surface area (Å²) in [6, 6.07) is 12.8. The minimum atomic E-state index is -0.469. The molecule has 0 aliphatic heterocycles. The predicted octanol–water partition coefficient (Wildman–Crippen LogP) is 3.20. The maximum absolute atomic E-state index is 11.5. The van der Waals surface area contributed by atoms with Crippen molar-refractivity contribution in [3.63, 3.8) is 0 Å². The average molecular weight is 290 g/mol. The van der Waals surface area contributed by atoms with Crippen LogP contribution < -0.4 is 10.7 Å². The molecule has 0 spiro atoms. The van der Waals surface area contributed by atoms with Crippen molar-refractivity contribution >= 4 is 29.5 Å². The number of nitrogens with zero attached hydrogens (tertiary/aromatic N) is 1. The van der Waals surface area contributed by atoms with Crippen molar-refractivity contribution in [1.82, 2.24) is 5.43 Å². The number of anilines is 1. The second-order valence-corrected chi connectivity index (χ2v) is 4.36. The Balaban J connectivity index is 1.87. The van der Waals surface area contributed by atoms with Gasteiger partial charge in [0.1, 0.15) is 5.75 Å². The summed E-state index contributed by atoms with van der Waals surface area (Å²) in [5, 5.41) is 16.2. The molecule has 0 saturated heterocycles. The number of amides is 2. The smallest absolute Gasteiger partial charge is 0.339 e. The van der Waals surface area contributed by atoms with Crippen LogP contribution in [0.5, 0.6) is 5.75 Å². The number of carbonyl (C=O) groups is 1. The number of hydrogen-bond acceptors (Lipinski definition) is 3. The molecule has 0 heterocycles. The molecule has 2 rings (SSSR count). The molecule has 0 radical (unpaired) electrons. The highest BCUT2D eigenvalue weighted by Crippen LogP contribution is 2.13. The van der Waals surface area contributed by atoms with Gasteiger partial charge in [0.25, 0.3) is 0 Å². The van der Waals surface area contributed by atoms with Crippen LogP contribution in [0.25, 0.3) is 0 Å². The van der Waals surface area contributed by atoms with E-state index >= 15 is 0 Å². The van der Waals surface area contributed by atoms with Crippen LogP contribution >= 0.6 is 11.6 Å². The standard InChI is InChI=1S/C14H12ClN3O2/c15-11-4-6-12(7-5-11)17-14(20)18-16-9-10-2-1-3-13(19)8-10/h1-9,19H,(H2,17,18,20)/b16-9-. The number of benzene rings is 2. The molecule has 0 unspecified atom stereocenters. The lowest BCUT2D eigenvalue weighted by Crippen LogP contribution is -2.24. The molecule has 0 aliphatic carbocycles. The molecule has 0 bridgehead atoms. The number of aromatic hydroxyl groups is 1. The Bertz CT molecular complexity index is 627. The summed E-state index contributed by atoms with van der Waals surface area (Å²) in [7, 11) is 0. The first kappa shape index (κ1) is 13.9. The fourth-order valence-corrected chi connectivity index (χ4v) is 1.59. The number of carbonyl (C=O) groups excluding carboxylic acids is 1. The van der Waals surface area contributed by atoms with E-state index in [1.807, 2.05) is 0 Å². The van der Waals surface area contributed by atoms with Gasteiger partial charge in [-0.25, -0.2) is 10.2 Å². The van der Waals surface area contributed by atoms with Crippen LogP contribution in [0, 0.1) is 0 Å². The van der Waals surface area contributed by atoms with Crippen molar-refractivity contribution in [2.45, 2.75) is 0 Å². The molecule has 0 atom stereocenters. The van der Waals surface area contributed by atoms with Gasteiger partial charge >= 0.3 is 6.03 Å². The highest BCUT2D eigenvalue weighted by Gasteiger charge is 1.99. The normalized spacial score (nSPS) is 10.4. The molecule has 0 saturated carbocycles. The van der Waals surface area contributed by atoms with Gasteiger partial charge in [-0.05, 0) is 42.0 Å². The van der Waals surface area contributed by atoms with Crippen LogP contribution in [0.1, 0.15) is 5.56 Å². The van der Waals surface area contributed by atoms with Crippen LogP contribution in [0.2, 0.25) is 5.02 Å². The summed E-state index contributed by atoms with van der Waals surface area (Å²) >= 11 is 5.74. The van der Waals surface area contributed by atoms with Gasteiger partial charge in [0.2, 0.25) is 0 Å². The van der Waals surface area contributed by atoms with E-state index in [1.165, 1.54) is 12.3 Å². The molecule has 0 aromatic heterocycles. The van der Waals surface area contributed by atoms with E-state index in [1.54, 1.807) is 42.5 Å². The third-order valence-electron chi connectivity index (χ3n) is 2.35. The molecule has 5 nitrogen and oxygen atoms in total. The number of urea groups is 1. The van der Waals surface area contributed by atoms with Crippen molar-refractivity contribution in [1.29, 1.82) is 0 Å². The molecule has 102 valence electrons. The Kier molecular flexibility index (Phi) is 4.57. The lowest BCUT2D eigenvalue weighted by atomic mass is 10.2. The van der Waals surface area contributed by atoms with Gasteiger partial charge in [0, 0.05) is 10.7 Å². The number of nitrogens with one attached hydrogen (secondary N) is 2. The Hall–Kier alpha value is -2.53. The van der Waals surface area contributed by atoms with Crippen molar-refractivity contribution in [3.05, 3.63) is 59.1 Å². The molecular formula is C14H12ClN3O2. The third kappa shape index (κ3) is 4.29. The highest BCUT2D eigenvalue weighted by atomic mass is 35.5. The SMILES string of the molecule is O=C(N/N=C\c1cccc(O)c1)Nc1ccc(Cl)cc1. The number of rotatable bonds is 3. The number of hydrazone groups is 1. The van der Waals surface area contributed by atoms with E-state index in [4.69, 9.17) is 11.6 Å². The van der Waals surface area contributed by atoms with Crippen molar-refractivity contribution in [3.8, 4) is 5.75 Å². The van der Waals surface area contributed by atoms with E-state index in [2.05, 4.69) is 15.8 Å². The topological polar surface area (TPSA) is 73.7 Å². The van der Waals surface area contributed by atoms with E-state index in [0.29, 0.717) is 16.3 Å². The first-order valence-electron chi connectivity index (χ1n) is 5.78. The Labute approximate surface area is 120 Å². The van der Waals surface area contributed by atoms with E-state index < -0.39 is 6.03 Å². The largest absolute Gasteiger partial charge is 0.508 e. The van der Waals surface area contributed by atoms with Crippen LogP contribution in [0.3, 0.4) is 0 Å². The van der Waals surface area contributed by atoms with Crippen molar-refractivity contribution in [2.75, 3.05) is 5.32 Å². The first-order valence-corrected chi connectivity index (χ1v) is 6.16. The molecule has 3 N–H and O–H groups in total. The molecule has 20 heavy (non-hydrogen) atoms. The molecular weight excluding hydrogens is 278 g/mol. The van der Waals surface area contributed by atoms with Gasteiger partial charge in [-0.1, -0.05) is 23.7 Å². The molecule has 2 aromatic rings. The zero-order valence-electron chi connectivity index (χ0n) is 10.4. The maximum atomic E-state index is 11.5. The van der Waals surface area contributed by atoms with Crippen LogP contribution in [-0.4, -0.2) is 17.4 Å². The minimum Gasteiger partial charge on any atom is -0.508 e. The van der Waals surface area contributed by atoms with Gasteiger partial charge in [0.15, 0.2) is 0 Å². The van der Waals surface area contributed by atoms with E-state index in [9.17, 15) is 9.90 Å². The molecule has 6 heteroatoms. The second kappa shape index (κ2) is 6.58.